The van der Waals surface area contributed by atoms with Crippen LogP contribution in [0.1, 0.15) is 30.9 Å². The van der Waals surface area contributed by atoms with E-state index in [0.717, 1.165) is 31.4 Å². The average Bonchev–Trinajstić information content (AvgIpc) is 2.43. The molecule has 0 saturated carbocycles. The zero-order valence-corrected chi connectivity index (χ0v) is 11.3. The van der Waals surface area contributed by atoms with Gasteiger partial charge in [-0.15, -0.1) is 0 Å². The highest BCUT2D eigenvalue weighted by molar-refractivity contribution is 5.37. The number of ether oxygens (including phenoxy) is 1. The molecule has 18 heavy (non-hydrogen) atoms. The van der Waals surface area contributed by atoms with Gasteiger partial charge in [-0.25, -0.2) is 0 Å². The number of hydrogen-bond acceptors (Lipinski definition) is 3. The van der Waals surface area contributed by atoms with Crippen LogP contribution >= 0.6 is 0 Å². The Morgan fingerprint density at radius 2 is 2.28 bits per heavy atom. The molecule has 0 aromatic heterocycles. The van der Waals surface area contributed by atoms with Crippen LogP contribution in [0, 0.1) is 0 Å². The van der Waals surface area contributed by atoms with Crippen LogP contribution in [-0.2, 0) is 12.8 Å². The van der Waals surface area contributed by atoms with E-state index >= 15 is 0 Å². The van der Waals surface area contributed by atoms with Gasteiger partial charge in [-0.1, -0.05) is 13.0 Å². The zero-order valence-electron chi connectivity index (χ0n) is 11.3. The number of methoxy groups -OCH3 is 1. The van der Waals surface area contributed by atoms with Gasteiger partial charge in [0.2, 0.25) is 0 Å². The summed E-state index contributed by atoms with van der Waals surface area (Å²) in [7, 11) is 1.71. The predicted molar refractivity (Wildman–Crippen MR) is 73.1 cm³/mol. The van der Waals surface area contributed by atoms with Gasteiger partial charge in [-0.05, 0) is 48.9 Å². The fourth-order valence-corrected chi connectivity index (χ4v) is 2.64. The molecule has 100 valence electrons. The van der Waals surface area contributed by atoms with Gasteiger partial charge in [0.05, 0.1) is 13.7 Å². The number of rotatable bonds is 5. The fraction of sp³-hybridized carbons (Fsp3) is 0.600. The van der Waals surface area contributed by atoms with Crippen LogP contribution in [0.3, 0.4) is 0 Å². The number of aliphatic hydroxyl groups excluding tert-OH is 1. The highest BCUT2D eigenvalue weighted by Gasteiger charge is 2.20. The highest BCUT2D eigenvalue weighted by atomic mass is 16.5. The van der Waals surface area contributed by atoms with E-state index in [9.17, 15) is 5.11 Å². The molecule has 2 N–H and O–H groups in total. The minimum Gasteiger partial charge on any atom is -0.497 e. The molecular formula is C15H23NO2. The number of nitrogens with one attached hydrogen (secondary N) is 1. The lowest BCUT2D eigenvalue weighted by atomic mass is 9.87. The summed E-state index contributed by atoms with van der Waals surface area (Å²) in [6, 6.07) is 7.05. The van der Waals surface area contributed by atoms with Crippen molar-refractivity contribution in [2.45, 2.75) is 44.7 Å². The molecule has 3 nitrogen and oxygen atoms in total. The van der Waals surface area contributed by atoms with Crippen LogP contribution < -0.4 is 10.1 Å². The maximum atomic E-state index is 9.25. The number of aryl methyl sites for hydroxylation is 1. The third kappa shape index (κ3) is 3.03. The average molecular weight is 249 g/mol. The standard InChI is InChI=1S/C15H23NO2/c1-3-13(10-17)16-14-6-4-11-5-7-15(18-2)9-12(11)8-14/h5,7,9,13-14,16-17H,3-4,6,8,10H2,1-2H3. The molecule has 0 amide bonds. The molecular weight excluding hydrogens is 226 g/mol. The van der Waals surface area contributed by atoms with Crippen molar-refractivity contribution in [3.05, 3.63) is 29.3 Å². The van der Waals surface area contributed by atoms with Crippen molar-refractivity contribution in [1.82, 2.24) is 5.32 Å². The van der Waals surface area contributed by atoms with E-state index in [0.29, 0.717) is 6.04 Å². The van der Waals surface area contributed by atoms with Gasteiger partial charge in [0.1, 0.15) is 5.75 Å². The van der Waals surface area contributed by atoms with Crippen LogP contribution in [-0.4, -0.2) is 30.9 Å². The largest absolute Gasteiger partial charge is 0.497 e. The van der Waals surface area contributed by atoms with Crippen molar-refractivity contribution in [3.63, 3.8) is 0 Å². The maximum Gasteiger partial charge on any atom is 0.119 e. The Kier molecular flexibility index (Phi) is 4.61. The molecule has 0 radical (unpaired) electrons. The Labute approximate surface area is 109 Å². The van der Waals surface area contributed by atoms with E-state index in [1.165, 1.54) is 11.1 Å². The Morgan fingerprint density at radius 1 is 1.44 bits per heavy atom. The van der Waals surface area contributed by atoms with Crippen molar-refractivity contribution >= 4 is 0 Å². The molecule has 1 aliphatic rings. The summed E-state index contributed by atoms with van der Waals surface area (Å²) in [5.74, 6) is 0.934. The first-order chi connectivity index (χ1) is 8.76. The van der Waals surface area contributed by atoms with Gasteiger partial charge in [0, 0.05) is 12.1 Å². The first kappa shape index (κ1) is 13.4. The number of aliphatic hydroxyl groups is 1. The van der Waals surface area contributed by atoms with Gasteiger partial charge in [-0.2, -0.15) is 0 Å². The van der Waals surface area contributed by atoms with Crippen molar-refractivity contribution in [3.8, 4) is 5.75 Å². The summed E-state index contributed by atoms with van der Waals surface area (Å²) in [5, 5.41) is 12.8. The number of hydrogen-bond donors (Lipinski definition) is 2. The van der Waals surface area contributed by atoms with E-state index in [2.05, 4.69) is 24.4 Å². The summed E-state index contributed by atoms with van der Waals surface area (Å²) < 4.78 is 5.28. The molecule has 0 fully saturated rings. The molecule has 1 aromatic rings. The van der Waals surface area contributed by atoms with Crippen molar-refractivity contribution in [1.29, 1.82) is 0 Å². The molecule has 0 saturated heterocycles. The molecule has 0 heterocycles. The van der Waals surface area contributed by atoms with E-state index in [1.807, 2.05) is 6.07 Å². The normalized spacial score (nSPS) is 20.3. The lowest BCUT2D eigenvalue weighted by Crippen LogP contribution is -2.43. The smallest absolute Gasteiger partial charge is 0.119 e. The minimum atomic E-state index is 0.220. The van der Waals surface area contributed by atoms with Crippen LogP contribution in [0.5, 0.6) is 5.75 Å². The molecule has 0 spiro atoms. The summed E-state index contributed by atoms with van der Waals surface area (Å²) in [6.45, 7) is 2.33. The fourth-order valence-electron chi connectivity index (χ4n) is 2.64. The highest BCUT2D eigenvalue weighted by Crippen LogP contribution is 2.25. The van der Waals surface area contributed by atoms with E-state index in [1.54, 1.807) is 7.11 Å². The lowest BCUT2D eigenvalue weighted by molar-refractivity contribution is 0.223. The Hall–Kier alpha value is -1.06. The Bertz CT molecular complexity index is 388. The van der Waals surface area contributed by atoms with Crippen LogP contribution in [0.2, 0.25) is 0 Å². The summed E-state index contributed by atoms with van der Waals surface area (Å²) in [5.41, 5.74) is 2.82. The molecule has 2 unspecified atom stereocenters. The minimum absolute atomic E-state index is 0.220. The molecule has 1 aliphatic carbocycles. The van der Waals surface area contributed by atoms with Crippen molar-refractivity contribution < 1.29 is 9.84 Å². The van der Waals surface area contributed by atoms with E-state index in [-0.39, 0.29) is 12.6 Å². The number of benzene rings is 1. The quantitative estimate of drug-likeness (QED) is 0.837. The predicted octanol–water partition coefficient (Wildman–Crippen LogP) is 1.91. The topological polar surface area (TPSA) is 41.5 Å². The van der Waals surface area contributed by atoms with Crippen molar-refractivity contribution in [2.24, 2.45) is 0 Å². The van der Waals surface area contributed by atoms with Crippen LogP contribution in [0.4, 0.5) is 0 Å². The second-order valence-corrected chi connectivity index (χ2v) is 5.03. The molecule has 1 aromatic carbocycles. The first-order valence-corrected chi connectivity index (χ1v) is 6.79. The Morgan fingerprint density at radius 3 is 2.94 bits per heavy atom. The zero-order chi connectivity index (χ0) is 13.0. The molecule has 2 atom stereocenters. The number of fused-ring (bicyclic) bond motifs is 1. The van der Waals surface area contributed by atoms with Crippen LogP contribution in [0.15, 0.2) is 18.2 Å². The molecule has 3 heteroatoms. The van der Waals surface area contributed by atoms with Gasteiger partial charge in [-0.3, -0.25) is 0 Å². The molecule has 0 bridgehead atoms. The van der Waals surface area contributed by atoms with Gasteiger partial charge >= 0.3 is 0 Å². The monoisotopic (exact) mass is 249 g/mol. The van der Waals surface area contributed by atoms with Gasteiger partial charge in [0.25, 0.3) is 0 Å². The second-order valence-electron chi connectivity index (χ2n) is 5.03. The van der Waals surface area contributed by atoms with E-state index in [4.69, 9.17) is 4.74 Å². The second kappa shape index (κ2) is 6.21. The molecule has 2 rings (SSSR count). The maximum absolute atomic E-state index is 9.25. The van der Waals surface area contributed by atoms with Gasteiger partial charge in [0.15, 0.2) is 0 Å². The van der Waals surface area contributed by atoms with Gasteiger partial charge < -0.3 is 15.2 Å². The third-order valence-electron chi connectivity index (χ3n) is 3.83. The molecule has 0 aliphatic heterocycles. The van der Waals surface area contributed by atoms with Crippen LogP contribution in [0.25, 0.3) is 0 Å². The SMILES string of the molecule is CCC(CO)NC1CCc2ccc(OC)cc2C1. The lowest BCUT2D eigenvalue weighted by Gasteiger charge is -2.29. The van der Waals surface area contributed by atoms with Crippen molar-refractivity contribution in [2.75, 3.05) is 13.7 Å². The Balaban J connectivity index is 2.04. The van der Waals surface area contributed by atoms with E-state index < -0.39 is 0 Å². The summed E-state index contributed by atoms with van der Waals surface area (Å²) in [4.78, 5) is 0. The summed E-state index contributed by atoms with van der Waals surface area (Å²) in [6.07, 6.45) is 4.26. The third-order valence-corrected chi connectivity index (χ3v) is 3.83. The first-order valence-electron chi connectivity index (χ1n) is 6.79. The summed E-state index contributed by atoms with van der Waals surface area (Å²) >= 11 is 0.